The van der Waals surface area contributed by atoms with Crippen molar-refractivity contribution in [3.8, 4) is 0 Å². The third-order valence-electron chi connectivity index (χ3n) is 3.11. The highest BCUT2D eigenvalue weighted by molar-refractivity contribution is 6.39. The van der Waals surface area contributed by atoms with Crippen LogP contribution >= 0.6 is 23.2 Å². The largest absolute Gasteiger partial charge is 0.352 e. The fourth-order valence-corrected chi connectivity index (χ4v) is 2.19. The van der Waals surface area contributed by atoms with Crippen molar-refractivity contribution in [1.82, 2.24) is 10.6 Å². The first-order chi connectivity index (χ1) is 9.97. The van der Waals surface area contributed by atoms with E-state index in [1.807, 2.05) is 0 Å². The molecule has 1 aliphatic carbocycles. The molecule has 3 N–H and O–H groups in total. The van der Waals surface area contributed by atoms with Crippen LogP contribution in [0.4, 0.5) is 5.69 Å². The van der Waals surface area contributed by atoms with Crippen LogP contribution in [0.5, 0.6) is 0 Å². The minimum atomic E-state index is -0.432. The average Bonchev–Trinajstić information content (AvgIpc) is 3.24. The summed E-state index contributed by atoms with van der Waals surface area (Å²) >= 11 is 11.9. The van der Waals surface area contributed by atoms with E-state index in [1.54, 1.807) is 25.1 Å². The van der Waals surface area contributed by atoms with Crippen LogP contribution in [-0.2, 0) is 9.59 Å². The SMILES string of the molecule is CC(NCC(=O)Nc1c(Cl)cccc1Cl)C(=O)NC1CC1. The number of hydrogen-bond donors (Lipinski definition) is 3. The summed E-state index contributed by atoms with van der Waals surface area (Å²) < 4.78 is 0. The lowest BCUT2D eigenvalue weighted by atomic mass is 10.3. The van der Waals surface area contributed by atoms with Gasteiger partial charge in [-0.25, -0.2) is 0 Å². The number of hydrogen-bond acceptors (Lipinski definition) is 3. The lowest BCUT2D eigenvalue weighted by Gasteiger charge is -2.14. The molecule has 0 aliphatic heterocycles. The molecule has 2 amide bonds. The van der Waals surface area contributed by atoms with Gasteiger partial charge in [0.15, 0.2) is 0 Å². The summed E-state index contributed by atoms with van der Waals surface area (Å²) in [7, 11) is 0. The highest BCUT2D eigenvalue weighted by Crippen LogP contribution is 2.29. The Morgan fingerprint density at radius 1 is 1.29 bits per heavy atom. The molecule has 114 valence electrons. The summed E-state index contributed by atoms with van der Waals surface area (Å²) in [6.45, 7) is 1.72. The first-order valence-corrected chi connectivity index (χ1v) is 7.50. The number of nitrogens with one attached hydrogen (secondary N) is 3. The van der Waals surface area contributed by atoms with Crippen molar-refractivity contribution in [3.05, 3.63) is 28.2 Å². The summed E-state index contributed by atoms with van der Waals surface area (Å²) in [4.78, 5) is 23.6. The van der Waals surface area contributed by atoms with Gasteiger partial charge in [-0.2, -0.15) is 0 Å². The second-order valence-corrected chi connectivity index (χ2v) is 5.84. The molecule has 0 spiro atoms. The zero-order valence-electron chi connectivity index (χ0n) is 11.6. The molecule has 5 nitrogen and oxygen atoms in total. The molecule has 7 heteroatoms. The van der Waals surface area contributed by atoms with Gasteiger partial charge in [-0.05, 0) is 31.9 Å². The maximum atomic E-state index is 11.9. The normalized spacial score (nSPS) is 15.4. The predicted octanol–water partition coefficient (Wildman–Crippen LogP) is 2.19. The molecule has 1 unspecified atom stereocenters. The second-order valence-electron chi connectivity index (χ2n) is 5.03. The van der Waals surface area contributed by atoms with Crippen LogP contribution in [0.25, 0.3) is 0 Å². The Labute approximate surface area is 133 Å². The number of benzene rings is 1. The molecule has 0 heterocycles. The first-order valence-electron chi connectivity index (χ1n) is 6.75. The monoisotopic (exact) mass is 329 g/mol. The molecule has 21 heavy (non-hydrogen) atoms. The van der Waals surface area contributed by atoms with E-state index >= 15 is 0 Å². The van der Waals surface area contributed by atoms with E-state index in [0.717, 1.165) is 12.8 Å². The van der Waals surface area contributed by atoms with Gasteiger partial charge in [-0.3, -0.25) is 14.9 Å². The molecule has 1 aliphatic rings. The van der Waals surface area contributed by atoms with Gasteiger partial charge in [0.25, 0.3) is 0 Å². The predicted molar refractivity (Wildman–Crippen MR) is 83.7 cm³/mol. The van der Waals surface area contributed by atoms with Crippen LogP contribution in [0.3, 0.4) is 0 Å². The smallest absolute Gasteiger partial charge is 0.238 e. The molecular weight excluding hydrogens is 313 g/mol. The molecule has 2 rings (SSSR count). The molecule has 1 fully saturated rings. The Morgan fingerprint density at radius 2 is 1.90 bits per heavy atom. The lowest BCUT2D eigenvalue weighted by Crippen LogP contribution is -2.45. The van der Waals surface area contributed by atoms with Gasteiger partial charge in [-0.15, -0.1) is 0 Å². The number of halogens is 2. The third-order valence-corrected chi connectivity index (χ3v) is 3.74. The second kappa shape index (κ2) is 7.11. The summed E-state index contributed by atoms with van der Waals surface area (Å²) in [5.74, 6) is -0.405. The van der Waals surface area contributed by atoms with Gasteiger partial charge in [0.1, 0.15) is 0 Å². The van der Waals surface area contributed by atoms with Crippen LogP contribution < -0.4 is 16.0 Å². The van der Waals surface area contributed by atoms with Gasteiger partial charge in [-0.1, -0.05) is 29.3 Å². The van der Waals surface area contributed by atoms with Gasteiger partial charge >= 0.3 is 0 Å². The zero-order chi connectivity index (χ0) is 15.4. The minimum absolute atomic E-state index is 0.000799. The molecule has 1 saturated carbocycles. The Bertz CT molecular complexity index is 527. The summed E-state index contributed by atoms with van der Waals surface area (Å²) in [6, 6.07) is 4.85. The zero-order valence-corrected chi connectivity index (χ0v) is 13.1. The van der Waals surface area contributed by atoms with Gasteiger partial charge in [0.05, 0.1) is 28.3 Å². The Hall–Kier alpha value is -1.30. The number of rotatable bonds is 6. The van der Waals surface area contributed by atoms with Crippen LogP contribution in [0.1, 0.15) is 19.8 Å². The standard InChI is InChI=1S/C14H17Cl2N3O2/c1-8(14(21)18-9-5-6-9)17-7-12(20)19-13-10(15)3-2-4-11(13)16/h2-4,8-9,17H,5-7H2,1H3,(H,18,21)(H,19,20). The molecule has 0 aromatic heterocycles. The van der Waals surface area contributed by atoms with Crippen molar-refractivity contribution in [2.45, 2.75) is 31.8 Å². The maximum absolute atomic E-state index is 11.9. The summed E-state index contributed by atoms with van der Waals surface area (Å²) in [5.41, 5.74) is 0.378. The molecular formula is C14H17Cl2N3O2. The van der Waals surface area contributed by atoms with Crippen molar-refractivity contribution in [2.75, 3.05) is 11.9 Å². The van der Waals surface area contributed by atoms with Crippen LogP contribution in [0.2, 0.25) is 10.0 Å². The molecule has 1 atom stereocenters. The Kier molecular flexibility index (Phi) is 5.45. The van der Waals surface area contributed by atoms with Crippen LogP contribution in [-0.4, -0.2) is 30.4 Å². The average molecular weight is 330 g/mol. The molecule has 1 aromatic rings. The van der Waals surface area contributed by atoms with E-state index in [1.165, 1.54) is 0 Å². The Balaban J connectivity index is 1.80. The van der Waals surface area contributed by atoms with E-state index in [0.29, 0.717) is 21.8 Å². The number of carbonyl (C=O) groups excluding carboxylic acids is 2. The van der Waals surface area contributed by atoms with E-state index in [2.05, 4.69) is 16.0 Å². The van der Waals surface area contributed by atoms with Gasteiger partial charge in [0, 0.05) is 6.04 Å². The number of anilines is 1. The van der Waals surface area contributed by atoms with Crippen molar-refractivity contribution < 1.29 is 9.59 Å². The Morgan fingerprint density at radius 3 is 2.48 bits per heavy atom. The van der Waals surface area contributed by atoms with E-state index in [4.69, 9.17) is 23.2 Å². The van der Waals surface area contributed by atoms with Crippen molar-refractivity contribution in [2.24, 2.45) is 0 Å². The molecule has 0 saturated heterocycles. The van der Waals surface area contributed by atoms with Gasteiger partial charge < -0.3 is 10.6 Å². The van der Waals surface area contributed by atoms with E-state index in [-0.39, 0.29) is 18.4 Å². The van der Waals surface area contributed by atoms with Gasteiger partial charge in [0.2, 0.25) is 11.8 Å². The number of amides is 2. The third kappa shape index (κ3) is 4.88. The molecule has 1 aromatic carbocycles. The summed E-state index contributed by atoms with van der Waals surface area (Å²) in [6.07, 6.45) is 2.06. The highest BCUT2D eigenvalue weighted by atomic mass is 35.5. The number of para-hydroxylation sites is 1. The van der Waals surface area contributed by atoms with Crippen molar-refractivity contribution >= 4 is 40.7 Å². The van der Waals surface area contributed by atoms with Crippen molar-refractivity contribution in [3.63, 3.8) is 0 Å². The number of carbonyl (C=O) groups is 2. The summed E-state index contributed by atoms with van der Waals surface area (Å²) in [5, 5.41) is 9.10. The molecule has 0 radical (unpaired) electrons. The highest BCUT2D eigenvalue weighted by Gasteiger charge is 2.25. The maximum Gasteiger partial charge on any atom is 0.238 e. The quantitative estimate of drug-likeness (QED) is 0.749. The minimum Gasteiger partial charge on any atom is -0.352 e. The molecule has 0 bridgehead atoms. The van der Waals surface area contributed by atoms with Crippen LogP contribution in [0, 0.1) is 0 Å². The van der Waals surface area contributed by atoms with E-state index < -0.39 is 6.04 Å². The topological polar surface area (TPSA) is 70.2 Å². The fourth-order valence-electron chi connectivity index (χ4n) is 1.69. The van der Waals surface area contributed by atoms with E-state index in [9.17, 15) is 9.59 Å². The lowest BCUT2D eigenvalue weighted by molar-refractivity contribution is -0.123. The fraction of sp³-hybridized carbons (Fsp3) is 0.429. The van der Waals surface area contributed by atoms with Crippen molar-refractivity contribution in [1.29, 1.82) is 0 Å². The van der Waals surface area contributed by atoms with Crippen LogP contribution in [0.15, 0.2) is 18.2 Å². The first kappa shape index (κ1) is 16.1.